The third-order valence-electron chi connectivity index (χ3n) is 1.94. The van der Waals surface area contributed by atoms with Crippen molar-refractivity contribution in [3.63, 3.8) is 0 Å². The average molecular weight is 211 g/mol. The van der Waals surface area contributed by atoms with Gasteiger partial charge in [-0.05, 0) is 6.92 Å². The molecular weight excluding hydrogens is 202 g/mol. The first kappa shape index (κ1) is 9.14. The number of hydrogen-bond donors (Lipinski definition) is 0. The molecule has 0 bridgehead atoms. The number of carbonyl (C=O) groups excluding carboxylic acids is 1. The molecule has 2 rings (SSSR count). The maximum Gasteiger partial charge on any atom is 0.311 e. The summed E-state index contributed by atoms with van der Waals surface area (Å²) < 4.78 is 6.46. The van der Waals surface area contributed by atoms with Crippen LogP contribution >= 0.6 is 11.3 Å². The molecule has 0 spiro atoms. The van der Waals surface area contributed by atoms with E-state index < -0.39 is 0 Å². The van der Waals surface area contributed by atoms with Crippen LogP contribution < -0.4 is 0 Å². The lowest BCUT2D eigenvalue weighted by Gasteiger charge is -1.98. The molecule has 0 saturated carbocycles. The van der Waals surface area contributed by atoms with Crippen LogP contribution in [0.1, 0.15) is 11.5 Å². The molecule has 0 atom stereocenters. The fraction of sp³-hybridized carbons (Fsp3) is 0.375. The Bertz CT molecular complexity index is 474. The van der Waals surface area contributed by atoms with Crippen molar-refractivity contribution in [3.8, 4) is 0 Å². The SMILES string of the molecule is COC(=O)Cc1csc2nnc(C)n12. The normalized spacial score (nSPS) is 10.7. The lowest BCUT2D eigenvalue weighted by atomic mass is 10.3. The number of aromatic nitrogens is 3. The van der Waals surface area contributed by atoms with E-state index in [0.29, 0.717) is 0 Å². The van der Waals surface area contributed by atoms with Gasteiger partial charge in [-0.1, -0.05) is 0 Å². The molecule has 6 heteroatoms. The van der Waals surface area contributed by atoms with Gasteiger partial charge in [0.2, 0.25) is 4.96 Å². The number of aryl methyl sites for hydroxylation is 1. The Morgan fingerprint density at radius 2 is 2.43 bits per heavy atom. The molecule has 14 heavy (non-hydrogen) atoms. The van der Waals surface area contributed by atoms with Gasteiger partial charge in [0.15, 0.2) is 0 Å². The smallest absolute Gasteiger partial charge is 0.311 e. The predicted molar refractivity (Wildman–Crippen MR) is 51.3 cm³/mol. The van der Waals surface area contributed by atoms with E-state index in [9.17, 15) is 4.79 Å². The van der Waals surface area contributed by atoms with Crippen molar-refractivity contribution in [2.24, 2.45) is 0 Å². The number of fused-ring (bicyclic) bond motifs is 1. The number of thiazole rings is 1. The number of ether oxygens (including phenoxy) is 1. The molecule has 0 fully saturated rings. The molecule has 5 nitrogen and oxygen atoms in total. The van der Waals surface area contributed by atoms with Crippen LogP contribution in [0.15, 0.2) is 5.38 Å². The van der Waals surface area contributed by atoms with E-state index in [2.05, 4.69) is 14.9 Å². The summed E-state index contributed by atoms with van der Waals surface area (Å²) in [4.78, 5) is 11.9. The quantitative estimate of drug-likeness (QED) is 0.690. The number of rotatable bonds is 2. The standard InChI is InChI=1S/C8H9N3O2S/c1-5-9-10-8-11(5)6(4-14-8)3-7(12)13-2/h4H,3H2,1-2H3. The van der Waals surface area contributed by atoms with E-state index in [1.165, 1.54) is 18.4 Å². The first-order chi connectivity index (χ1) is 6.72. The Labute approximate surface area is 84.3 Å². The van der Waals surface area contributed by atoms with Gasteiger partial charge in [-0.2, -0.15) is 0 Å². The Hall–Kier alpha value is -1.43. The number of carbonyl (C=O) groups is 1. The minimum Gasteiger partial charge on any atom is -0.469 e. The zero-order chi connectivity index (χ0) is 10.1. The second-order valence-corrected chi connectivity index (χ2v) is 3.68. The Balaban J connectivity index is 2.41. The second kappa shape index (κ2) is 3.38. The number of nitrogens with zero attached hydrogens (tertiary/aromatic N) is 3. The monoisotopic (exact) mass is 211 g/mol. The van der Waals surface area contributed by atoms with Crippen LogP contribution in [0.2, 0.25) is 0 Å². The average Bonchev–Trinajstić information content (AvgIpc) is 2.71. The molecule has 74 valence electrons. The summed E-state index contributed by atoms with van der Waals surface area (Å²) in [6.07, 6.45) is 0.259. The molecule has 2 aromatic heterocycles. The van der Waals surface area contributed by atoms with Crippen LogP contribution in [0.5, 0.6) is 0 Å². The molecule has 2 heterocycles. The van der Waals surface area contributed by atoms with Gasteiger partial charge in [0.1, 0.15) is 5.82 Å². The van der Waals surface area contributed by atoms with E-state index >= 15 is 0 Å². The number of hydrogen-bond acceptors (Lipinski definition) is 5. The van der Waals surface area contributed by atoms with Crippen LogP contribution in [0, 0.1) is 6.92 Å². The van der Waals surface area contributed by atoms with Crippen LogP contribution in [0.3, 0.4) is 0 Å². The maximum atomic E-state index is 11.1. The minimum absolute atomic E-state index is 0.252. The Morgan fingerprint density at radius 1 is 1.64 bits per heavy atom. The first-order valence-electron chi connectivity index (χ1n) is 4.07. The first-order valence-corrected chi connectivity index (χ1v) is 4.95. The van der Waals surface area contributed by atoms with Crippen molar-refractivity contribution >= 4 is 22.3 Å². The third-order valence-corrected chi connectivity index (χ3v) is 2.80. The Morgan fingerprint density at radius 3 is 3.14 bits per heavy atom. The molecule has 0 saturated heterocycles. The van der Waals surface area contributed by atoms with Gasteiger partial charge in [-0.3, -0.25) is 9.20 Å². The maximum absolute atomic E-state index is 11.1. The van der Waals surface area contributed by atoms with Gasteiger partial charge in [-0.25, -0.2) is 0 Å². The molecule has 0 aliphatic heterocycles. The third kappa shape index (κ3) is 1.37. The summed E-state index contributed by atoms with van der Waals surface area (Å²) >= 11 is 1.47. The lowest BCUT2D eigenvalue weighted by Crippen LogP contribution is -2.06. The molecule has 2 aromatic rings. The highest BCUT2D eigenvalue weighted by molar-refractivity contribution is 7.15. The van der Waals surface area contributed by atoms with Crippen molar-refractivity contribution in [1.82, 2.24) is 14.6 Å². The van der Waals surface area contributed by atoms with Crippen LogP contribution in [-0.2, 0) is 16.0 Å². The van der Waals surface area contributed by atoms with Gasteiger partial charge < -0.3 is 4.74 Å². The molecule has 0 aliphatic rings. The molecule has 0 radical (unpaired) electrons. The van der Waals surface area contributed by atoms with Gasteiger partial charge in [0.25, 0.3) is 0 Å². The predicted octanol–water partition coefficient (Wildman–Crippen LogP) is 0.815. The summed E-state index contributed by atoms with van der Waals surface area (Å²) in [6.45, 7) is 1.85. The van der Waals surface area contributed by atoms with Crippen molar-refractivity contribution in [3.05, 3.63) is 16.9 Å². The summed E-state index contributed by atoms with van der Waals surface area (Å²) in [6, 6.07) is 0. The molecule has 0 unspecified atom stereocenters. The summed E-state index contributed by atoms with van der Waals surface area (Å²) in [5.74, 6) is 0.540. The molecule has 0 aliphatic carbocycles. The van der Waals surface area contributed by atoms with Crippen molar-refractivity contribution in [2.45, 2.75) is 13.3 Å². The topological polar surface area (TPSA) is 56.5 Å². The summed E-state index contributed by atoms with van der Waals surface area (Å²) in [5, 5.41) is 9.77. The fourth-order valence-corrected chi connectivity index (χ4v) is 2.14. The highest BCUT2D eigenvalue weighted by Crippen LogP contribution is 2.16. The van der Waals surface area contributed by atoms with Gasteiger partial charge >= 0.3 is 5.97 Å². The second-order valence-electron chi connectivity index (χ2n) is 2.85. The largest absolute Gasteiger partial charge is 0.469 e. The number of methoxy groups -OCH3 is 1. The number of esters is 1. The molecular formula is C8H9N3O2S. The van der Waals surface area contributed by atoms with E-state index in [-0.39, 0.29) is 12.4 Å². The highest BCUT2D eigenvalue weighted by atomic mass is 32.1. The Kier molecular flexibility index (Phi) is 2.20. The minimum atomic E-state index is -0.252. The van der Waals surface area contributed by atoms with E-state index in [1.807, 2.05) is 16.7 Å². The van der Waals surface area contributed by atoms with E-state index in [4.69, 9.17) is 0 Å². The molecule has 0 amide bonds. The van der Waals surface area contributed by atoms with Crippen molar-refractivity contribution in [2.75, 3.05) is 7.11 Å². The van der Waals surface area contributed by atoms with Crippen molar-refractivity contribution < 1.29 is 9.53 Å². The summed E-state index contributed by atoms with van der Waals surface area (Å²) in [5.41, 5.74) is 0.874. The van der Waals surface area contributed by atoms with E-state index in [0.717, 1.165) is 16.5 Å². The zero-order valence-electron chi connectivity index (χ0n) is 7.85. The summed E-state index contributed by atoms with van der Waals surface area (Å²) in [7, 11) is 1.38. The fourth-order valence-electron chi connectivity index (χ4n) is 1.26. The van der Waals surface area contributed by atoms with Gasteiger partial charge in [-0.15, -0.1) is 21.5 Å². The lowest BCUT2D eigenvalue weighted by molar-refractivity contribution is -0.139. The van der Waals surface area contributed by atoms with E-state index in [1.54, 1.807) is 0 Å². The highest BCUT2D eigenvalue weighted by Gasteiger charge is 2.11. The van der Waals surface area contributed by atoms with Crippen molar-refractivity contribution in [1.29, 1.82) is 0 Å². The van der Waals surface area contributed by atoms with Crippen LogP contribution in [0.25, 0.3) is 4.96 Å². The van der Waals surface area contributed by atoms with Crippen LogP contribution in [0.4, 0.5) is 0 Å². The zero-order valence-corrected chi connectivity index (χ0v) is 8.67. The van der Waals surface area contributed by atoms with Gasteiger partial charge in [0.05, 0.1) is 13.5 Å². The van der Waals surface area contributed by atoms with Crippen LogP contribution in [-0.4, -0.2) is 27.7 Å². The van der Waals surface area contributed by atoms with Gasteiger partial charge in [0, 0.05) is 11.1 Å². The molecule has 0 N–H and O–H groups in total. The molecule has 0 aromatic carbocycles.